The van der Waals surface area contributed by atoms with Crippen molar-refractivity contribution in [2.75, 3.05) is 0 Å². The Morgan fingerprint density at radius 2 is 2.00 bits per heavy atom. The Morgan fingerprint density at radius 1 is 1.35 bits per heavy atom. The number of hydrogen-bond acceptors (Lipinski definition) is 3. The van der Waals surface area contributed by atoms with Crippen molar-refractivity contribution in [2.24, 2.45) is 5.92 Å². The maximum atomic E-state index is 11.9. The van der Waals surface area contributed by atoms with Gasteiger partial charge in [0.1, 0.15) is 5.60 Å². The predicted molar refractivity (Wildman–Crippen MR) is 74.3 cm³/mol. The summed E-state index contributed by atoms with van der Waals surface area (Å²) in [5.41, 5.74) is -0.369. The van der Waals surface area contributed by atoms with E-state index in [0.29, 0.717) is 5.25 Å². The number of thioether (sulfide) groups is 1. The SMILES string of the molecule is CC1CCCC(SC(C)C(=O)OC(C)(C)C)C1. The Labute approximate surface area is 110 Å². The first-order chi connectivity index (χ1) is 7.78. The van der Waals surface area contributed by atoms with E-state index in [4.69, 9.17) is 4.74 Å². The molecule has 1 aliphatic rings. The van der Waals surface area contributed by atoms with Gasteiger partial charge in [-0.05, 0) is 46.5 Å². The summed E-state index contributed by atoms with van der Waals surface area (Å²) in [6.07, 6.45) is 5.15. The number of ether oxygens (including phenoxy) is 1. The topological polar surface area (TPSA) is 26.3 Å². The van der Waals surface area contributed by atoms with Crippen molar-refractivity contribution >= 4 is 17.7 Å². The maximum absolute atomic E-state index is 11.9. The second-order valence-electron chi connectivity index (χ2n) is 6.21. The summed E-state index contributed by atoms with van der Waals surface area (Å²) in [7, 11) is 0. The standard InChI is InChI=1S/C14H26O2S/c1-10-7-6-8-12(9-10)17-11(2)13(15)16-14(3,4)5/h10-12H,6-9H2,1-5H3. The number of carbonyl (C=O) groups excluding carboxylic acids is 1. The van der Waals surface area contributed by atoms with Crippen LogP contribution in [0.2, 0.25) is 0 Å². The minimum Gasteiger partial charge on any atom is -0.459 e. The van der Waals surface area contributed by atoms with Gasteiger partial charge in [0.15, 0.2) is 0 Å². The highest BCUT2D eigenvalue weighted by molar-refractivity contribution is 8.01. The molecule has 0 spiro atoms. The lowest BCUT2D eigenvalue weighted by atomic mass is 9.91. The van der Waals surface area contributed by atoms with E-state index < -0.39 is 0 Å². The molecule has 1 fully saturated rings. The molecule has 0 aromatic rings. The second-order valence-corrected chi connectivity index (χ2v) is 7.85. The summed E-state index contributed by atoms with van der Waals surface area (Å²) in [4.78, 5) is 11.9. The van der Waals surface area contributed by atoms with Gasteiger partial charge in [-0.2, -0.15) is 0 Å². The van der Waals surface area contributed by atoms with Crippen molar-refractivity contribution in [3.8, 4) is 0 Å². The normalized spacial score (nSPS) is 27.6. The monoisotopic (exact) mass is 258 g/mol. The fraction of sp³-hybridized carbons (Fsp3) is 0.929. The Hall–Kier alpha value is -0.180. The van der Waals surface area contributed by atoms with E-state index in [1.54, 1.807) is 11.8 Å². The molecule has 0 aromatic heterocycles. The Balaban J connectivity index is 2.37. The molecule has 0 bridgehead atoms. The quantitative estimate of drug-likeness (QED) is 0.715. The molecule has 0 heterocycles. The van der Waals surface area contributed by atoms with Crippen LogP contribution in [0.3, 0.4) is 0 Å². The van der Waals surface area contributed by atoms with Crippen molar-refractivity contribution in [3.05, 3.63) is 0 Å². The molecule has 2 nitrogen and oxygen atoms in total. The third kappa shape index (κ3) is 5.80. The fourth-order valence-electron chi connectivity index (χ4n) is 2.23. The molecule has 100 valence electrons. The molecule has 0 saturated heterocycles. The van der Waals surface area contributed by atoms with Gasteiger partial charge >= 0.3 is 5.97 Å². The van der Waals surface area contributed by atoms with Gasteiger partial charge in [-0.15, -0.1) is 11.8 Å². The van der Waals surface area contributed by atoms with E-state index in [1.165, 1.54) is 25.7 Å². The lowest BCUT2D eigenvalue weighted by Crippen LogP contribution is -2.30. The van der Waals surface area contributed by atoms with Crippen LogP contribution < -0.4 is 0 Å². The van der Waals surface area contributed by atoms with Crippen LogP contribution in [-0.2, 0) is 9.53 Å². The molecule has 3 unspecified atom stereocenters. The summed E-state index contributed by atoms with van der Waals surface area (Å²) < 4.78 is 5.41. The summed E-state index contributed by atoms with van der Waals surface area (Å²) in [6, 6.07) is 0. The van der Waals surface area contributed by atoms with Gasteiger partial charge in [0.05, 0.1) is 5.25 Å². The van der Waals surface area contributed by atoms with Crippen molar-refractivity contribution < 1.29 is 9.53 Å². The summed E-state index contributed by atoms with van der Waals surface area (Å²) in [5, 5.41) is 0.603. The molecule has 3 atom stereocenters. The van der Waals surface area contributed by atoms with Crippen molar-refractivity contribution in [1.82, 2.24) is 0 Å². The molecular weight excluding hydrogens is 232 g/mol. The zero-order chi connectivity index (χ0) is 13.1. The van der Waals surface area contributed by atoms with E-state index in [-0.39, 0.29) is 16.8 Å². The van der Waals surface area contributed by atoms with Crippen molar-refractivity contribution in [3.63, 3.8) is 0 Å². The van der Waals surface area contributed by atoms with Gasteiger partial charge < -0.3 is 4.74 Å². The maximum Gasteiger partial charge on any atom is 0.319 e. The van der Waals surface area contributed by atoms with E-state index in [9.17, 15) is 4.79 Å². The third-order valence-electron chi connectivity index (χ3n) is 3.02. The average molecular weight is 258 g/mol. The highest BCUT2D eigenvalue weighted by Crippen LogP contribution is 2.34. The third-order valence-corrected chi connectivity index (χ3v) is 4.44. The molecule has 0 aromatic carbocycles. The Morgan fingerprint density at radius 3 is 2.53 bits per heavy atom. The first kappa shape index (κ1) is 14.9. The average Bonchev–Trinajstić information content (AvgIpc) is 2.14. The molecule has 1 aliphatic carbocycles. The molecule has 0 aliphatic heterocycles. The van der Waals surface area contributed by atoms with Gasteiger partial charge in [0.2, 0.25) is 0 Å². The van der Waals surface area contributed by atoms with Crippen LogP contribution in [0.15, 0.2) is 0 Å². The van der Waals surface area contributed by atoms with Crippen LogP contribution in [-0.4, -0.2) is 22.1 Å². The van der Waals surface area contributed by atoms with E-state index in [1.807, 2.05) is 27.7 Å². The fourth-order valence-corrected chi connectivity index (χ4v) is 3.71. The van der Waals surface area contributed by atoms with E-state index in [2.05, 4.69) is 6.92 Å². The lowest BCUT2D eigenvalue weighted by molar-refractivity contribution is -0.153. The van der Waals surface area contributed by atoms with E-state index in [0.717, 1.165) is 5.92 Å². The van der Waals surface area contributed by atoms with Crippen molar-refractivity contribution in [2.45, 2.75) is 76.4 Å². The smallest absolute Gasteiger partial charge is 0.319 e. The predicted octanol–water partition coefficient (Wildman–Crippen LogP) is 4.03. The zero-order valence-electron chi connectivity index (χ0n) is 11.8. The number of hydrogen-bond donors (Lipinski definition) is 0. The minimum atomic E-state index is -0.369. The van der Waals surface area contributed by atoms with Crippen LogP contribution in [0.5, 0.6) is 0 Å². The van der Waals surface area contributed by atoms with Gasteiger partial charge in [-0.1, -0.05) is 19.8 Å². The van der Waals surface area contributed by atoms with Crippen LogP contribution in [0.1, 0.15) is 60.3 Å². The highest BCUT2D eigenvalue weighted by Gasteiger charge is 2.27. The second kappa shape index (κ2) is 6.12. The Kier molecular flexibility index (Phi) is 5.36. The molecule has 0 N–H and O–H groups in total. The minimum absolute atomic E-state index is 0.0375. The Bertz CT molecular complexity index is 257. The lowest BCUT2D eigenvalue weighted by Gasteiger charge is -2.29. The van der Waals surface area contributed by atoms with Crippen LogP contribution in [0.25, 0.3) is 0 Å². The number of esters is 1. The summed E-state index contributed by atoms with van der Waals surface area (Å²) >= 11 is 1.80. The molecule has 0 amide bonds. The molecule has 17 heavy (non-hydrogen) atoms. The zero-order valence-corrected chi connectivity index (χ0v) is 12.6. The molecule has 3 heteroatoms. The molecule has 1 saturated carbocycles. The van der Waals surface area contributed by atoms with Gasteiger partial charge in [0.25, 0.3) is 0 Å². The van der Waals surface area contributed by atoms with Crippen molar-refractivity contribution in [1.29, 1.82) is 0 Å². The molecular formula is C14H26O2S. The highest BCUT2D eigenvalue weighted by atomic mass is 32.2. The van der Waals surface area contributed by atoms with Gasteiger partial charge in [-0.3, -0.25) is 4.79 Å². The summed E-state index contributed by atoms with van der Waals surface area (Å²) in [5.74, 6) is 0.743. The van der Waals surface area contributed by atoms with Crippen LogP contribution in [0.4, 0.5) is 0 Å². The summed E-state index contributed by atoms with van der Waals surface area (Å²) in [6.45, 7) is 10.0. The first-order valence-electron chi connectivity index (χ1n) is 6.66. The van der Waals surface area contributed by atoms with Gasteiger partial charge in [0, 0.05) is 5.25 Å². The van der Waals surface area contributed by atoms with Gasteiger partial charge in [-0.25, -0.2) is 0 Å². The number of carbonyl (C=O) groups is 1. The first-order valence-corrected chi connectivity index (χ1v) is 7.60. The number of rotatable bonds is 3. The molecule has 1 rings (SSSR count). The van der Waals surface area contributed by atoms with Crippen LogP contribution in [0, 0.1) is 5.92 Å². The van der Waals surface area contributed by atoms with Crippen LogP contribution >= 0.6 is 11.8 Å². The largest absolute Gasteiger partial charge is 0.459 e. The molecule has 0 radical (unpaired) electrons. The van der Waals surface area contributed by atoms with E-state index >= 15 is 0 Å².